The minimum atomic E-state index is -0.699. The van der Waals surface area contributed by atoms with E-state index in [9.17, 15) is 9.59 Å². The van der Waals surface area contributed by atoms with Gasteiger partial charge < -0.3 is 13.9 Å². The molecule has 0 radical (unpaired) electrons. The molecule has 8 nitrogen and oxygen atoms in total. The predicted octanol–water partition coefficient (Wildman–Crippen LogP) is 5.14. The van der Waals surface area contributed by atoms with Crippen LogP contribution in [0.3, 0.4) is 0 Å². The maximum absolute atomic E-state index is 13.7. The van der Waals surface area contributed by atoms with Gasteiger partial charge in [0.25, 0.3) is 5.91 Å². The fraction of sp³-hybridized carbons (Fsp3) is 0.308. The molecule has 1 unspecified atom stereocenters. The van der Waals surface area contributed by atoms with Crippen LogP contribution in [0.4, 0.5) is 5.13 Å². The first-order valence-corrected chi connectivity index (χ1v) is 12.4. The van der Waals surface area contributed by atoms with Gasteiger partial charge >= 0.3 is 0 Å². The number of ether oxygens (including phenoxy) is 2. The fourth-order valence-corrected chi connectivity index (χ4v) is 5.01. The number of rotatable bonds is 7. The normalized spacial score (nSPS) is 15.2. The summed E-state index contributed by atoms with van der Waals surface area (Å²) in [5, 5.41) is 10.1. The van der Waals surface area contributed by atoms with E-state index in [1.54, 1.807) is 18.2 Å². The molecule has 180 valence electrons. The molecule has 0 saturated heterocycles. The zero-order valence-corrected chi connectivity index (χ0v) is 20.7. The minimum absolute atomic E-state index is 0.0110. The quantitative estimate of drug-likeness (QED) is 0.353. The Balaban J connectivity index is 1.70. The van der Waals surface area contributed by atoms with Crippen molar-refractivity contribution in [1.82, 2.24) is 10.2 Å². The van der Waals surface area contributed by atoms with Crippen molar-refractivity contribution in [3.63, 3.8) is 0 Å². The highest BCUT2D eigenvalue weighted by molar-refractivity contribution is 7.15. The number of hydrogen-bond donors (Lipinski definition) is 0. The third-order valence-electron chi connectivity index (χ3n) is 5.69. The first-order valence-electron chi connectivity index (χ1n) is 11.6. The Bertz CT molecular complexity index is 1460. The average molecular weight is 492 g/mol. The van der Waals surface area contributed by atoms with Gasteiger partial charge in [0.05, 0.1) is 29.7 Å². The van der Waals surface area contributed by atoms with Crippen LogP contribution in [0.15, 0.2) is 51.7 Å². The lowest BCUT2D eigenvalue weighted by Gasteiger charge is -2.22. The molecule has 0 aliphatic carbocycles. The van der Waals surface area contributed by atoms with Gasteiger partial charge in [0, 0.05) is 6.07 Å². The predicted molar refractivity (Wildman–Crippen MR) is 134 cm³/mol. The smallest absolute Gasteiger partial charge is 0.297 e. The van der Waals surface area contributed by atoms with E-state index >= 15 is 0 Å². The second-order valence-electron chi connectivity index (χ2n) is 8.41. The molecular formula is C26H25N3O5S. The molecule has 0 spiro atoms. The summed E-state index contributed by atoms with van der Waals surface area (Å²) in [5.41, 5.74) is 1.09. The van der Waals surface area contributed by atoms with Crippen LogP contribution in [0.1, 0.15) is 60.4 Å². The number of nitrogens with zero attached hydrogens (tertiary/aromatic N) is 3. The molecule has 4 aromatic rings. The third kappa shape index (κ3) is 4.05. The van der Waals surface area contributed by atoms with Crippen LogP contribution in [0.5, 0.6) is 11.5 Å². The molecule has 1 atom stereocenters. The Labute approximate surface area is 206 Å². The van der Waals surface area contributed by atoms with Gasteiger partial charge in [0.1, 0.15) is 22.1 Å². The molecular weight excluding hydrogens is 466 g/mol. The molecule has 1 amide bonds. The lowest BCUT2D eigenvalue weighted by molar-refractivity contribution is 0.0970. The van der Waals surface area contributed by atoms with E-state index in [1.165, 1.54) is 16.2 Å². The van der Waals surface area contributed by atoms with Gasteiger partial charge in [-0.3, -0.25) is 14.5 Å². The van der Waals surface area contributed by atoms with Crippen molar-refractivity contribution in [3.8, 4) is 11.5 Å². The second-order valence-corrected chi connectivity index (χ2v) is 9.45. The molecule has 2 aromatic heterocycles. The van der Waals surface area contributed by atoms with E-state index in [0.29, 0.717) is 40.6 Å². The summed E-state index contributed by atoms with van der Waals surface area (Å²) in [6.07, 6.45) is 0.722. The highest BCUT2D eigenvalue weighted by Gasteiger charge is 2.45. The van der Waals surface area contributed by atoms with E-state index in [0.717, 1.165) is 10.6 Å². The van der Waals surface area contributed by atoms with Crippen molar-refractivity contribution in [2.45, 2.75) is 46.3 Å². The molecule has 0 bridgehead atoms. The topological polar surface area (TPSA) is 94.8 Å². The first-order chi connectivity index (χ1) is 16.9. The number of benzene rings is 2. The van der Waals surface area contributed by atoms with E-state index < -0.39 is 11.9 Å². The molecule has 2 aromatic carbocycles. The largest absolute Gasteiger partial charge is 0.494 e. The lowest BCUT2D eigenvalue weighted by atomic mass is 9.98. The summed E-state index contributed by atoms with van der Waals surface area (Å²) >= 11 is 1.33. The van der Waals surface area contributed by atoms with Crippen LogP contribution in [0.2, 0.25) is 0 Å². The monoisotopic (exact) mass is 491 g/mol. The lowest BCUT2D eigenvalue weighted by Crippen LogP contribution is -2.29. The van der Waals surface area contributed by atoms with Crippen LogP contribution in [0, 0.1) is 0 Å². The van der Waals surface area contributed by atoms with Crippen molar-refractivity contribution >= 4 is 33.3 Å². The van der Waals surface area contributed by atoms with Gasteiger partial charge in [-0.15, -0.1) is 10.2 Å². The zero-order valence-electron chi connectivity index (χ0n) is 19.9. The Morgan fingerprint density at radius 1 is 1.06 bits per heavy atom. The number of aromatic nitrogens is 2. The van der Waals surface area contributed by atoms with Gasteiger partial charge in [0.15, 0.2) is 5.43 Å². The maximum atomic E-state index is 13.7. The van der Waals surface area contributed by atoms with Crippen molar-refractivity contribution in [2.24, 2.45) is 0 Å². The van der Waals surface area contributed by atoms with Crippen LogP contribution in [0.25, 0.3) is 11.0 Å². The van der Waals surface area contributed by atoms with Gasteiger partial charge in [-0.05, 0) is 57.0 Å². The van der Waals surface area contributed by atoms with Crippen molar-refractivity contribution < 1.29 is 18.7 Å². The van der Waals surface area contributed by atoms with Gasteiger partial charge in [-0.1, -0.05) is 30.4 Å². The molecule has 9 heteroatoms. The summed E-state index contributed by atoms with van der Waals surface area (Å²) < 4.78 is 17.4. The highest BCUT2D eigenvalue weighted by Crippen LogP contribution is 2.42. The second kappa shape index (κ2) is 9.14. The molecule has 0 N–H and O–H groups in total. The van der Waals surface area contributed by atoms with E-state index in [-0.39, 0.29) is 22.9 Å². The first kappa shape index (κ1) is 23.0. The Morgan fingerprint density at radius 3 is 2.46 bits per heavy atom. The number of amides is 1. The molecule has 0 fully saturated rings. The molecule has 5 rings (SSSR count). The Hall–Kier alpha value is -3.72. The van der Waals surface area contributed by atoms with E-state index in [2.05, 4.69) is 10.2 Å². The Kier molecular flexibility index (Phi) is 6.02. The number of aryl methyl sites for hydroxylation is 1. The summed E-state index contributed by atoms with van der Waals surface area (Å²) in [6.45, 7) is 8.23. The standard InChI is InChI=1S/C26H25N3O5S/c1-5-20-27-28-26(35-20)29-22(15-7-9-16(10-8-15)33-14(3)4)21-23(30)18-12-11-17(32-6-2)13-19(18)34-24(21)25(29)31/h7-14,22H,5-6H2,1-4H3. The van der Waals surface area contributed by atoms with E-state index in [4.69, 9.17) is 13.9 Å². The van der Waals surface area contributed by atoms with Gasteiger partial charge in [0.2, 0.25) is 10.9 Å². The number of anilines is 1. The molecule has 35 heavy (non-hydrogen) atoms. The summed E-state index contributed by atoms with van der Waals surface area (Å²) in [4.78, 5) is 28.9. The molecule has 3 heterocycles. The molecule has 1 aliphatic rings. The van der Waals surface area contributed by atoms with E-state index in [1.807, 2.05) is 52.0 Å². The number of hydrogen-bond acceptors (Lipinski definition) is 8. The van der Waals surface area contributed by atoms with Crippen molar-refractivity contribution in [2.75, 3.05) is 11.5 Å². The average Bonchev–Trinajstić information content (AvgIpc) is 3.42. The molecule has 1 aliphatic heterocycles. The van der Waals surface area contributed by atoms with Crippen molar-refractivity contribution in [3.05, 3.63) is 74.6 Å². The Morgan fingerprint density at radius 2 is 1.80 bits per heavy atom. The number of fused-ring (bicyclic) bond motifs is 2. The zero-order chi connectivity index (χ0) is 24.7. The summed E-state index contributed by atoms with van der Waals surface area (Å²) in [6, 6.07) is 11.8. The van der Waals surface area contributed by atoms with Crippen LogP contribution >= 0.6 is 11.3 Å². The minimum Gasteiger partial charge on any atom is -0.494 e. The van der Waals surface area contributed by atoms with Gasteiger partial charge in [-0.25, -0.2) is 0 Å². The summed E-state index contributed by atoms with van der Waals surface area (Å²) in [5.74, 6) is 0.862. The molecule has 0 saturated carbocycles. The summed E-state index contributed by atoms with van der Waals surface area (Å²) in [7, 11) is 0. The fourth-order valence-electron chi connectivity index (χ4n) is 4.21. The number of carbonyl (C=O) groups excluding carboxylic acids is 1. The third-order valence-corrected chi connectivity index (χ3v) is 6.75. The van der Waals surface area contributed by atoms with Crippen molar-refractivity contribution in [1.29, 1.82) is 0 Å². The van der Waals surface area contributed by atoms with Gasteiger partial charge in [-0.2, -0.15) is 0 Å². The highest BCUT2D eigenvalue weighted by atomic mass is 32.1. The maximum Gasteiger partial charge on any atom is 0.297 e. The number of carbonyl (C=O) groups is 1. The van der Waals surface area contributed by atoms with Crippen LogP contribution in [-0.4, -0.2) is 28.8 Å². The van der Waals surface area contributed by atoms with Crippen LogP contribution < -0.4 is 19.8 Å². The SMILES string of the molecule is CCOc1ccc2c(=O)c3c(oc2c1)C(=O)N(c1nnc(CC)s1)C3c1ccc(OC(C)C)cc1. The van der Waals surface area contributed by atoms with Crippen LogP contribution in [-0.2, 0) is 6.42 Å².